The van der Waals surface area contributed by atoms with Crippen molar-refractivity contribution in [2.75, 3.05) is 5.32 Å². The number of fused-ring (bicyclic) bond motifs is 1. The van der Waals surface area contributed by atoms with Crippen LogP contribution in [0.3, 0.4) is 0 Å². The van der Waals surface area contributed by atoms with E-state index in [2.05, 4.69) is 10.3 Å². The highest BCUT2D eigenvalue weighted by Crippen LogP contribution is 2.28. The van der Waals surface area contributed by atoms with Crippen LogP contribution in [0, 0.1) is 10.1 Å². The fourth-order valence-corrected chi connectivity index (χ4v) is 3.56. The number of aromatic nitrogens is 2. The van der Waals surface area contributed by atoms with Gasteiger partial charge in [-0.3, -0.25) is 24.3 Å². The van der Waals surface area contributed by atoms with E-state index < -0.39 is 10.2 Å². The summed E-state index contributed by atoms with van der Waals surface area (Å²) in [6, 6.07) is 10.8. The third kappa shape index (κ3) is 4.00. The quantitative estimate of drug-likeness (QED) is 0.293. The molecule has 1 aromatic heterocycles. The van der Waals surface area contributed by atoms with Crippen LogP contribution in [0.2, 0.25) is 5.02 Å². The summed E-state index contributed by atoms with van der Waals surface area (Å²) in [5.74, 6) is -0.372. The van der Waals surface area contributed by atoms with Crippen molar-refractivity contribution in [3.8, 4) is 0 Å². The van der Waals surface area contributed by atoms with Crippen molar-refractivity contribution in [3.05, 3.63) is 68.0 Å². The molecule has 0 spiro atoms. The Morgan fingerprint density at radius 2 is 2.04 bits per heavy atom. The summed E-state index contributed by atoms with van der Waals surface area (Å²) in [7, 11) is 1.60. The molecule has 1 N–H and O–H groups in total. The van der Waals surface area contributed by atoms with E-state index >= 15 is 0 Å². The van der Waals surface area contributed by atoms with Crippen LogP contribution in [-0.4, -0.2) is 25.6 Å². The summed E-state index contributed by atoms with van der Waals surface area (Å²) in [5, 5.41) is 13.8. The number of nitrogens with one attached hydrogen (secondary N) is 1. The van der Waals surface area contributed by atoms with E-state index in [1.807, 2.05) is 0 Å². The molecule has 1 atom stereocenters. The van der Waals surface area contributed by atoms with Crippen molar-refractivity contribution in [3.63, 3.8) is 0 Å². The fraction of sp³-hybridized carbons (Fsp3) is 0.167. The first-order chi connectivity index (χ1) is 13.3. The Kier molecular flexibility index (Phi) is 5.66. The molecule has 0 aliphatic heterocycles. The van der Waals surface area contributed by atoms with Crippen molar-refractivity contribution in [2.45, 2.75) is 17.3 Å². The van der Waals surface area contributed by atoms with E-state index in [4.69, 9.17) is 11.6 Å². The van der Waals surface area contributed by atoms with Crippen LogP contribution in [0.15, 0.2) is 52.4 Å². The smallest absolute Gasteiger partial charge is 0.271 e. The molecule has 8 nitrogen and oxygen atoms in total. The third-order valence-electron chi connectivity index (χ3n) is 4.01. The van der Waals surface area contributed by atoms with Crippen LogP contribution in [0.4, 0.5) is 11.4 Å². The molecule has 1 heterocycles. The largest absolute Gasteiger partial charge is 0.324 e. The van der Waals surface area contributed by atoms with Gasteiger partial charge in [0.25, 0.3) is 11.2 Å². The van der Waals surface area contributed by atoms with Gasteiger partial charge in [-0.2, -0.15) is 0 Å². The van der Waals surface area contributed by atoms with E-state index in [-0.39, 0.29) is 27.9 Å². The normalized spacial score (nSPS) is 12.0. The number of hydrogen-bond donors (Lipinski definition) is 1. The van der Waals surface area contributed by atoms with Crippen molar-refractivity contribution < 1.29 is 9.72 Å². The van der Waals surface area contributed by atoms with Crippen LogP contribution in [0.5, 0.6) is 0 Å². The Morgan fingerprint density at radius 3 is 2.71 bits per heavy atom. The number of nitrogens with zero attached hydrogens (tertiary/aromatic N) is 3. The lowest BCUT2D eigenvalue weighted by Crippen LogP contribution is -2.25. The molecule has 2 aromatic carbocycles. The number of nitro groups is 1. The number of para-hydroxylation sites is 1. The van der Waals surface area contributed by atoms with Gasteiger partial charge in [0.05, 0.1) is 31.8 Å². The number of nitro benzene ring substituents is 1. The maximum atomic E-state index is 12.5. The molecular weight excluding hydrogens is 404 g/mol. The second-order valence-electron chi connectivity index (χ2n) is 5.95. The van der Waals surface area contributed by atoms with Gasteiger partial charge in [0, 0.05) is 19.2 Å². The standard InChI is InChI=1S/C18H15ClN4O4S/c1-10(16(24)20-15-8-7-11(23(26)27)9-13(15)19)28-18-21-14-6-4-3-5-12(14)17(25)22(18)2/h3-10H,1-2H3,(H,20,24)/t10-/m0/s1. The van der Waals surface area contributed by atoms with Crippen molar-refractivity contribution in [1.29, 1.82) is 0 Å². The number of benzene rings is 2. The Hall–Kier alpha value is -2.91. The van der Waals surface area contributed by atoms with Gasteiger partial charge in [0.1, 0.15) is 0 Å². The van der Waals surface area contributed by atoms with E-state index in [1.165, 1.54) is 22.8 Å². The Labute approximate surface area is 168 Å². The Bertz CT molecular complexity index is 1150. The highest BCUT2D eigenvalue weighted by molar-refractivity contribution is 8.00. The number of non-ortho nitro benzene ring substituents is 1. The van der Waals surface area contributed by atoms with Gasteiger partial charge in [-0.1, -0.05) is 35.5 Å². The first-order valence-electron chi connectivity index (χ1n) is 8.15. The molecule has 3 aromatic rings. The second-order valence-corrected chi connectivity index (χ2v) is 7.66. The monoisotopic (exact) mass is 418 g/mol. The van der Waals surface area contributed by atoms with Gasteiger partial charge in [0.2, 0.25) is 5.91 Å². The lowest BCUT2D eigenvalue weighted by Gasteiger charge is -2.14. The average Bonchev–Trinajstić information content (AvgIpc) is 2.67. The lowest BCUT2D eigenvalue weighted by atomic mass is 10.2. The summed E-state index contributed by atoms with van der Waals surface area (Å²) < 4.78 is 1.40. The molecule has 1 amide bonds. The number of halogens is 1. The van der Waals surface area contributed by atoms with Crippen LogP contribution in [0.25, 0.3) is 10.9 Å². The van der Waals surface area contributed by atoms with Crippen LogP contribution in [-0.2, 0) is 11.8 Å². The molecule has 28 heavy (non-hydrogen) atoms. The minimum Gasteiger partial charge on any atom is -0.324 e. The Balaban J connectivity index is 1.80. The number of rotatable bonds is 5. The number of anilines is 1. The van der Waals surface area contributed by atoms with Crippen LogP contribution < -0.4 is 10.9 Å². The van der Waals surface area contributed by atoms with Crippen LogP contribution in [0.1, 0.15) is 6.92 Å². The van der Waals surface area contributed by atoms with Gasteiger partial charge >= 0.3 is 0 Å². The van der Waals surface area contributed by atoms with Gasteiger partial charge in [0.15, 0.2) is 5.16 Å². The SMILES string of the molecule is C[C@H](Sc1nc2ccccc2c(=O)n1C)C(=O)Nc1ccc([N+](=O)[O-])cc1Cl. The molecule has 0 unspecified atom stereocenters. The maximum Gasteiger partial charge on any atom is 0.271 e. The summed E-state index contributed by atoms with van der Waals surface area (Å²) in [4.78, 5) is 39.6. The van der Waals surface area contributed by atoms with Crippen LogP contribution >= 0.6 is 23.4 Å². The fourth-order valence-electron chi connectivity index (χ4n) is 2.47. The number of hydrogen-bond acceptors (Lipinski definition) is 6. The average molecular weight is 419 g/mol. The zero-order valence-electron chi connectivity index (χ0n) is 14.9. The predicted molar refractivity (Wildman–Crippen MR) is 109 cm³/mol. The predicted octanol–water partition coefficient (Wildman–Crippen LogP) is 3.61. The third-order valence-corrected chi connectivity index (χ3v) is 5.47. The summed E-state index contributed by atoms with van der Waals surface area (Å²) in [6.45, 7) is 1.67. The number of thioether (sulfide) groups is 1. The first kappa shape index (κ1) is 19.8. The van der Waals surface area contributed by atoms with E-state index in [1.54, 1.807) is 38.2 Å². The zero-order valence-corrected chi connectivity index (χ0v) is 16.5. The number of amides is 1. The van der Waals surface area contributed by atoms with Crippen molar-refractivity contribution in [2.24, 2.45) is 7.05 Å². The van der Waals surface area contributed by atoms with Crippen molar-refractivity contribution in [1.82, 2.24) is 9.55 Å². The Morgan fingerprint density at radius 1 is 1.32 bits per heavy atom. The van der Waals surface area contributed by atoms with E-state index in [0.29, 0.717) is 16.1 Å². The molecule has 144 valence electrons. The molecule has 0 bridgehead atoms. The van der Waals surface area contributed by atoms with Gasteiger partial charge < -0.3 is 5.32 Å². The summed E-state index contributed by atoms with van der Waals surface area (Å²) in [6.07, 6.45) is 0. The highest BCUT2D eigenvalue weighted by atomic mass is 35.5. The van der Waals surface area contributed by atoms with E-state index in [0.717, 1.165) is 11.8 Å². The topological polar surface area (TPSA) is 107 Å². The molecule has 0 aliphatic carbocycles. The highest BCUT2D eigenvalue weighted by Gasteiger charge is 2.20. The molecule has 10 heteroatoms. The van der Waals surface area contributed by atoms with E-state index in [9.17, 15) is 19.7 Å². The van der Waals surface area contributed by atoms with Gasteiger partial charge in [-0.05, 0) is 25.1 Å². The molecule has 0 radical (unpaired) electrons. The number of carbonyl (C=O) groups excluding carboxylic acids is 1. The molecule has 0 fully saturated rings. The summed E-state index contributed by atoms with van der Waals surface area (Å²) in [5.41, 5.74) is 0.462. The second kappa shape index (κ2) is 7.99. The van der Waals surface area contributed by atoms with Gasteiger partial charge in [-0.25, -0.2) is 4.98 Å². The lowest BCUT2D eigenvalue weighted by molar-refractivity contribution is -0.384. The number of carbonyl (C=O) groups is 1. The minimum absolute atomic E-state index is 0.0657. The first-order valence-corrected chi connectivity index (χ1v) is 9.41. The maximum absolute atomic E-state index is 12.5. The summed E-state index contributed by atoms with van der Waals surface area (Å²) >= 11 is 7.14. The molecule has 0 saturated heterocycles. The van der Waals surface area contributed by atoms with Crippen molar-refractivity contribution >= 4 is 51.5 Å². The molecule has 0 aliphatic rings. The van der Waals surface area contributed by atoms with Gasteiger partial charge in [-0.15, -0.1) is 0 Å². The molecule has 0 saturated carbocycles. The minimum atomic E-state index is -0.592. The molecular formula is C18H15ClN4O4S. The molecule has 3 rings (SSSR count). The zero-order chi connectivity index (χ0) is 20.4.